The third kappa shape index (κ3) is 4.88. The van der Waals surface area contributed by atoms with Gasteiger partial charge in [-0.15, -0.1) is 0 Å². The van der Waals surface area contributed by atoms with Crippen LogP contribution in [0.5, 0.6) is 0 Å². The van der Waals surface area contributed by atoms with Gasteiger partial charge < -0.3 is 16.2 Å². The Balaban J connectivity index is 2.04. The number of anilines is 2. The van der Waals surface area contributed by atoms with E-state index in [-0.39, 0.29) is 10.7 Å². The average Bonchev–Trinajstić information content (AvgIpc) is 2.72. The Kier molecular flexibility index (Phi) is 6.57. The maximum Gasteiger partial charge on any atom is 0.294 e. The molecule has 2 aromatic carbocycles. The van der Waals surface area contributed by atoms with E-state index >= 15 is 0 Å². The van der Waals surface area contributed by atoms with Crippen molar-refractivity contribution in [2.45, 2.75) is 23.3 Å². The molecule has 0 aromatic heterocycles. The quantitative estimate of drug-likeness (QED) is 0.318. The van der Waals surface area contributed by atoms with Gasteiger partial charge in [0.1, 0.15) is 22.5 Å². The van der Waals surface area contributed by atoms with Gasteiger partial charge in [-0.2, -0.15) is 4.31 Å². The number of piperidine rings is 1. The zero-order chi connectivity index (χ0) is 24.7. The number of hydrogen-bond donors (Lipinski definition) is 3. The van der Waals surface area contributed by atoms with Crippen LogP contribution in [0.25, 0.3) is 0 Å². The number of alkyl halides is 2. The molecule has 0 aliphatic carbocycles. The van der Waals surface area contributed by atoms with Crippen molar-refractivity contribution in [1.29, 1.82) is 0 Å². The summed E-state index contributed by atoms with van der Waals surface area (Å²) in [5.74, 6) is -5.56. The Hall–Kier alpha value is -2.94. The third-order valence-electron chi connectivity index (χ3n) is 4.90. The van der Waals surface area contributed by atoms with Gasteiger partial charge in [0.05, 0.1) is 16.5 Å². The number of nitrogens with two attached hydrogens (primary N) is 1. The molecule has 15 heteroatoms. The maximum absolute atomic E-state index is 13.9. The number of aliphatic hydroxyl groups excluding tert-OH is 1. The number of halogens is 4. The van der Waals surface area contributed by atoms with E-state index in [2.05, 4.69) is 5.32 Å². The number of nitro benzene ring substituents is 1. The lowest BCUT2D eigenvalue weighted by molar-refractivity contribution is -0.384. The molecule has 1 aliphatic heterocycles. The molecular formula is C18H16ClF3N4O6S. The summed E-state index contributed by atoms with van der Waals surface area (Å²) >= 11 is 5.64. The van der Waals surface area contributed by atoms with Crippen molar-refractivity contribution in [3.05, 3.63) is 56.8 Å². The number of sulfonamides is 1. The second-order valence-electron chi connectivity index (χ2n) is 7.15. The van der Waals surface area contributed by atoms with Gasteiger partial charge in [-0.05, 0) is 30.7 Å². The highest BCUT2D eigenvalue weighted by Crippen LogP contribution is 2.36. The topological polar surface area (TPSA) is 156 Å². The lowest BCUT2D eigenvalue weighted by Crippen LogP contribution is -2.53. The SMILES string of the molecule is Nc1c([N+](=O)[O-])cc(C(=O)Nc2ccc(F)c(Cl)c2)cc1S(=O)(=O)N1CCC(O)C(F)(F)C1. The number of nitrogen functional groups attached to an aromatic ring is 1. The molecular weight excluding hydrogens is 493 g/mol. The highest BCUT2D eigenvalue weighted by Gasteiger charge is 2.48. The van der Waals surface area contributed by atoms with E-state index in [0.29, 0.717) is 16.4 Å². The van der Waals surface area contributed by atoms with E-state index in [1.54, 1.807) is 0 Å². The normalized spacial score (nSPS) is 18.6. The van der Waals surface area contributed by atoms with Gasteiger partial charge >= 0.3 is 0 Å². The van der Waals surface area contributed by atoms with Crippen LogP contribution >= 0.6 is 11.6 Å². The van der Waals surface area contributed by atoms with Crippen LogP contribution in [0.1, 0.15) is 16.8 Å². The summed E-state index contributed by atoms with van der Waals surface area (Å²) in [5, 5.41) is 22.7. The molecule has 1 aliphatic rings. The number of hydrogen-bond acceptors (Lipinski definition) is 7. The average molecular weight is 509 g/mol. The zero-order valence-electron chi connectivity index (χ0n) is 16.5. The van der Waals surface area contributed by atoms with Gasteiger partial charge in [0.2, 0.25) is 10.0 Å². The molecule has 1 atom stereocenters. The van der Waals surface area contributed by atoms with Gasteiger partial charge in [-0.25, -0.2) is 21.6 Å². The molecule has 3 rings (SSSR count). The summed E-state index contributed by atoms with van der Waals surface area (Å²) in [4.78, 5) is 22.1. The molecule has 2 aromatic rings. The lowest BCUT2D eigenvalue weighted by Gasteiger charge is -2.35. The molecule has 4 N–H and O–H groups in total. The van der Waals surface area contributed by atoms with Crippen molar-refractivity contribution >= 4 is 44.6 Å². The second kappa shape index (κ2) is 8.78. The van der Waals surface area contributed by atoms with E-state index < -0.39 is 80.0 Å². The summed E-state index contributed by atoms with van der Waals surface area (Å²) in [7, 11) is -4.82. The van der Waals surface area contributed by atoms with Crippen LogP contribution in [-0.2, 0) is 10.0 Å². The Morgan fingerprint density at radius 1 is 1.33 bits per heavy atom. The lowest BCUT2D eigenvalue weighted by atomic mass is 10.1. The molecule has 0 saturated carbocycles. The van der Waals surface area contributed by atoms with Crippen LogP contribution in [0.3, 0.4) is 0 Å². The number of amides is 1. The molecule has 0 spiro atoms. The van der Waals surface area contributed by atoms with Gasteiger partial charge in [-0.3, -0.25) is 14.9 Å². The van der Waals surface area contributed by atoms with Crippen molar-refractivity contribution in [2.24, 2.45) is 0 Å². The van der Waals surface area contributed by atoms with Crippen molar-refractivity contribution < 1.29 is 36.4 Å². The summed E-state index contributed by atoms with van der Waals surface area (Å²) < 4.78 is 67.5. The standard InChI is InChI=1S/C18H16ClF3N4O6S/c19-11-7-10(1-2-12(11)20)24-17(28)9-5-13(26(29)30)16(23)14(6-9)33(31,32)25-4-3-15(27)18(21,22)8-25/h1-2,5-7,15,27H,3-4,8,23H2,(H,24,28). The van der Waals surface area contributed by atoms with Crippen LogP contribution < -0.4 is 11.1 Å². The molecule has 1 amide bonds. The smallest absolute Gasteiger partial charge is 0.294 e. The largest absolute Gasteiger partial charge is 0.392 e. The first-order valence-electron chi connectivity index (χ1n) is 9.14. The minimum absolute atomic E-state index is 0.0000505. The van der Waals surface area contributed by atoms with Gasteiger partial charge in [0, 0.05) is 23.9 Å². The molecule has 10 nitrogen and oxygen atoms in total. The molecule has 0 bridgehead atoms. The van der Waals surface area contributed by atoms with E-state index in [9.17, 15) is 41.6 Å². The second-order valence-corrected chi connectivity index (χ2v) is 9.46. The number of rotatable bonds is 5. The minimum Gasteiger partial charge on any atom is -0.392 e. The molecule has 1 heterocycles. The fraction of sp³-hybridized carbons (Fsp3) is 0.278. The predicted octanol–water partition coefficient (Wildman–Crippen LogP) is 2.61. The number of carbonyl (C=O) groups excluding carboxylic acids is 1. The van der Waals surface area contributed by atoms with Crippen LogP contribution in [0.15, 0.2) is 35.2 Å². The minimum atomic E-state index is -4.82. The zero-order valence-corrected chi connectivity index (χ0v) is 18.0. The first kappa shape index (κ1) is 24.7. The Morgan fingerprint density at radius 3 is 2.58 bits per heavy atom. The van der Waals surface area contributed by atoms with Crippen LogP contribution in [0.2, 0.25) is 5.02 Å². The number of nitro groups is 1. The Morgan fingerprint density at radius 2 is 2.00 bits per heavy atom. The molecule has 1 saturated heterocycles. The molecule has 1 unspecified atom stereocenters. The summed E-state index contributed by atoms with van der Waals surface area (Å²) in [6, 6.07) is 4.57. The number of benzene rings is 2. The van der Waals surface area contributed by atoms with Crippen molar-refractivity contribution in [3.63, 3.8) is 0 Å². The number of nitrogens with zero attached hydrogens (tertiary/aromatic N) is 2. The van der Waals surface area contributed by atoms with Gasteiger partial charge in [0.25, 0.3) is 17.5 Å². The van der Waals surface area contributed by atoms with E-state index in [1.165, 1.54) is 0 Å². The van der Waals surface area contributed by atoms with Gasteiger partial charge in [-0.1, -0.05) is 11.6 Å². The first-order valence-corrected chi connectivity index (χ1v) is 11.0. The van der Waals surface area contributed by atoms with Crippen LogP contribution in [0.4, 0.5) is 30.2 Å². The summed E-state index contributed by atoms with van der Waals surface area (Å²) in [6.07, 6.45) is -2.64. The predicted molar refractivity (Wildman–Crippen MR) is 111 cm³/mol. The Bertz CT molecular complexity index is 1240. The van der Waals surface area contributed by atoms with Crippen molar-refractivity contribution in [1.82, 2.24) is 4.31 Å². The van der Waals surface area contributed by atoms with Crippen molar-refractivity contribution in [3.8, 4) is 0 Å². The highest BCUT2D eigenvalue weighted by molar-refractivity contribution is 7.89. The summed E-state index contributed by atoms with van der Waals surface area (Å²) in [6.45, 7) is -1.88. The molecule has 33 heavy (non-hydrogen) atoms. The van der Waals surface area contributed by atoms with Crippen molar-refractivity contribution in [2.75, 3.05) is 24.1 Å². The highest BCUT2D eigenvalue weighted by atomic mass is 35.5. The summed E-state index contributed by atoms with van der Waals surface area (Å²) in [5.41, 5.74) is 3.33. The van der Waals surface area contributed by atoms with E-state index in [1.807, 2.05) is 0 Å². The van der Waals surface area contributed by atoms with Crippen LogP contribution in [-0.4, -0.2) is 53.8 Å². The van der Waals surface area contributed by atoms with Crippen LogP contribution in [0, 0.1) is 15.9 Å². The number of nitrogens with one attached hydrogen (secondary N) is 1. The van der Waals surface area contributed by atoms with E-state index in [0.717, 1.165) is 18.2 Å². The monoisotopic (exact) mass is 508 g/mol. The maximum atomic E-state index is 13.9. The Labute approximate surface area is 189 Å². The fourth-order valence-electron chi connectivity index (χ4n) is 3.13. The molecule has 1 fully saturated rings. The number of carbonyl (C=O) groups is 1. The van der Waals surface area contributed by atoms with E-state index in [4.69, 9.17) is 17.3 Å². The number of aliphatic hydroxyl groups is 1. The third-order valence-corrected chi connectivity index (χ3v) is 7.08. The first-order chi connectivity index (χ1) is 15.2. The fourth-order valence-corrected chi connectivity index (χ4v) is 4.93. The van der Waals surface area contributed by atoms with Gasteiger partial charge in [0.15, 0.2) is 0 Å². The molecule has 178 valence electrons. The molecule has 0 radical (unpaired) electrons.